The van der Waals surface area contributed by atoms with Gasteiger partial charge in [-0.3, -0.25) is 4.57 Å². The quantitative estimate of drug-likeness (QED) is 0.758. The van der Waals surface area contributed by atoms with Crippen molar-refractivity contribution in [2.24, 2.45) is 0 Å². The highest BCUT2D eigenvalue weighted by molar-refractivity contribution is 5.58. The van der Waals surface area contributed by atoms with E-state index in [2.05, 4.69) is 24.8 Å². The van der Waals surface area contributed by atoms with Gasteiger partial charge in [-0.15, -0.1) is 0 Å². The van der Waals surface area contributed by atoms with Crippen molar-refractivity contribution in [3.63, 3.8) is 0 Å². The van der Waals surface area contributed by atoms with E-state index in [0.29, 0.717) is 30.9 Å². The number of benzene rings is 1. The minimum atomic E-state index is -0.0251. The molecule has 0 unspecified atom stereocenters. The van der Waals surface area contributed by atoms with E-state index in [9.17, 15) is 5.11 Å². The molecule has 1 N–H and O–H groups in total. The fourth-order valence-corrected chi connectivity index (χ4v) is 2.89. The third-order valence-corrected chi connectivity index (χ3v) is 4.31. The van der Waals surface area contributed by atoms with Crippen molar-refractivity contribution in [2.75, 3.05) is 31.2 Å². The summed E-state index contributed by atoms with van der Waals surface area (Å²) >= 11 is 0. The minimum absolute atomic E-state index is 0.0251. The summed E-state index contributed by atoms with van der Waals surface area (Å²) in [6.45, 7) is 4.67. The number of aromatic nitrogens is 5. The molecular weight excluding hydrogens is 332 g/mol. The van der Waals surface area contributed by atoms with Crippen molar-refractivity contribution in [1.82, 2.24) is 24.5 Å². The molecule has 4 rings (SSSR count). The number of ether oxygens (including phenoxy) is 1. The van der Waals surface area contributed by atoms with Gasteiger partial charge in [-0.25, -0.2) is 4.98 Å². The van der Waals surface area contributed by atoms with Gasteiger partial charge in [0.05, 0.1) is 19.8 Å². The standard InChI is InChI=1S/C18H20N6O2/c1-13-19-5-6-24(13)18-21-16(15-4-2-3-14(11-15)12-25)20-17(22-18)23-7-9-26-10-8-23/h2-6,11,25H,7-10,12H2,1H3. The van der Waals surface area contributed by atoms with Gasteiger partial charge in [-0.1, -0.05) is 18.2 Å². The maximum Gasteiger partial charge on any atom is 0.240 e. The third kappa shape index (κ3) is 3.29. The fourth-order valence-electron chi connectivity index (χ4n) is 2.89. The maximum absolute atomic E-state index is 9.42. The topological polar surface area (TPSA) is 89.2 Å². The molecule has 0 spiro atoms. The Kier molecular flexibility index (Phi) is 4.59. The summed E-state index contributed by atoms with van der Waals surface area (Å²) in [6, 6.07) is 7.58. The molecule has 1 saturated heterocycles. The second-order valence-electron chi connectivity index (χ2n) is 6.06. The first-order valence-corrected chi connectivity index (χ1v) is 8.54. The summed E-state index contributed by atoms with van der Waals surface area (Å²) < 4.78 is 7.27. The van der Waals surface area contributed by atoms with E-state index in [4.69, 9.17) is 4.74 Å². The number of aliphatic hydroxyl groups is 1. The van der Waals surface area contributed by atoms with Gasteiger partial charge < -0.3 is 14.7 Å². The van der Waals surface area contributed by atoms with Crippen LogP contribution in [-0.4, -0.2) is 55.9 Å². The lowest BCUT2D eigenvalue weighted by atomic mass is 10.1. The average Bonchev–Trinajstić information content (AvgIpc) is 3.14. The minimum Gasteiger partial charge on any atom is -0.392 e. The van der Waals surface area contributed by atoms with E-state index in [1.165, 1.54) is 0 Å². The Balaban J connectivity index is 1.83. The van der Waals surface area contributed by atoms with Crippen LogP contribution in [0.5, 0.6) is 0 Å². The van der Waals surface area contributed by atoms with Crippen LogP contribution in [0, 0.1) is 6.92 Å². The Morgan fingerprint density at radius 1 is 1.12 bits per heavy atom. The number of morpholine rings is 1. The van der Waals surface area contributed by atoms with Gasteiger partial charge in [0.1, 0.15) is 5.82 Å². The zero-order chi connectivity index (χ0) is 17.9. The molecule has 1 aliphatic rings. The van der Waals surface area contributed by atoms with Crippen LogP contribution < -0.4 is 4.90 Å². The molecule has 0 radical (unpaired) electrons. The van der Waals surface area contributed by atoms with Gasteiger partial charge in [0.25, 0.3) is 0 Å². The van der Waals surface area contributed by atoms with Gasteiger partial charge in [0.15, 0.2) is 5.82 Å². The molecule has 0 atom stereocenters. The molecule has 0 saturated carbocycles. The Morgan fingerprint density at radius 2 is 1.92 bits per heavy atom. The van der Waals surface area contributed by atoms with E-state index < -0.39 is 0 Å². The Bertz CT molecular complexity index is 904. The molecule has 8 nitrogen and oxygen atoms in total. The molecular formula is C18H20N6O2. The number of hydrogen-bond acceptors (Lipinski definition) is 7. The normalized spacial score (nSPS) is 14.6. The van der Waals surface area contributed by atoms with Crippen molar-refractivity contribution >= 4 is 5.95 Å². The summed E-state index contributed by atoms with van der Waals surface area (Å²) in [7, 11) is 0. The lowest BCUT2D eigenvalue weighted by molar-refractivity contribution is 0.122. The van der Waals surface area contributed by atoms with Gasteiger partial charge in [0.2, 0.25) is 11.9 Å². The van der Waals surface area contributed by atoms with E-state index >= 15 is 0 Å². The Hall–Kier alpha value is -2.84. The molecule has 0 amide bonds. The van der Waals surface area contributed by atoms with Crippen molar-refractivity contribution in [3.8, 4) is 17.3 Å². The summed E-state index contributed by atoms with van der Waals surface area (Å²) in [5.74, 6) is 2.52. The predicted molar refractivity (Wildman–Crippen MR) is 96.1 cm³/mol. The highest BCUT2D eigenvalue weighted by Gasteiger charge is 2.18. The number of imidazole rings is 1. The molecule has 1 aliphatic heterocycles. The van der Waals surface area contributed by atoms with E-state index in [1.807, 2.05) is 42.0 Å². The zero-order valence-corrected chi connectivity index (χ0v) is 14.5. The van der Waals surface area contributed by atoms with Gasteiger partial charge in [-0.2, -0.15) is 15.0 Å². The molecule has 0 aliphatic carbocycles. The van der Waals surface area contributed by atoms with Crippen LogP contribution in [-0.2, 0) is 11.3 Å². The first-order valence-electron chi connectivity index (χ1n) is 8.54. The Labute approximate surface area is 151 Å². The molecule has 26 heavy (non-hydrogen) atoms. The predicted octanol–water partition coefficient (Wildman–Crippen LogP) is 1.36. The van der Waals surface area contributed by atoms with Crippen LogP contribution in [0.15, 0.2) is 36.7 Å². The fraction of sp³-hybridized carbons (Fsp3) is 0.333. The van der Waals surface area contributed by atoms with Crippen LogP contribution in [0.4, 0.5) is 5.95 Å². The maximum atomic E-state index is 9.42. The van der Waals surface area contributed by atoms with Crippen molar-refractivity contribution in [2.45, 2.75) is 13.5 Å². The van der Waals surface area contributed by atoms with Crippen LogP contribution >= 0.6 is 0 Å². The molecule has 0 bridgehead atoms. The summed E-state index contributed by atoms with van der Waals surface area (Å²) in [6.07, 6.45) is 3.56. The number of anilines is 1. The molecule has 1 fully saturated rings. The number of aryl methyl sites for hydroxylation is 1. The van der Waals surface area contributed by atoms with E-state index in [1.54, 1.807) is 6.20 Å². The lowest BCUT2D eigenvalue weighted by Crippen LogP contribution is -2.37. The summed E-state index contributed by atoms with van der Waals surface area (Å²) in [5.41, 5.74) is 1.66. The third-order valence-electron chi connectivity index (χ3n) is 4.31. The van der Waals surface area contributed by atoms with Gasteiger partial charge >= 0.3 is 0 Å². The van der Waals surface area contributed by atoms with Crippen LogP contribution in [0.25, 0.3) is 17.3 Å². The van der Waals surface area contributed by atoms with Crippen molar-refractivity contribution < 1.29 is 9.84 Å². The largest absolute Gasteiger partial charge is 0.392 e. The molecule has 134 valence electrons. The number of nitrogens with zero attached hydrogens (tertiary/aromatic N) is 6. The van der Waals surface area contributed by atoms with Gasteiger partial charge in [0, 0.05) is 31.0 Å². The van der Waals surface area contributed by atoms with Gasteiger partial charge in [-0.05, 0) is 18.6 Å². The highest BCUT2D eigenvalue weighted by Crippen LogP contribution is 2.21. The first kappa shape index (κ1) is 16.6. The Morgan fingerprint density at radius 3 is 2.65 bits per heavy atom. The van der Waals surface area contributed by atoms with Crippen molar-refractivity contribution in [1.29, 1.82) is 0 Å². The summed E-state index contributed by atoms with van der Waals surface area (Å²) in [5, 5.41) is 9.42. The second kappa shape index (κ2) is 7.19. The van der Waals surface area contributed by atoms with Crippen LogP contribution in [0.2, 0.25) is 0 Å². The first-order chi connectivity index (χ1) is 12.7. The van der Waals surface area contributed by atoms with Crippen LogP contribution in [0.1, 0.15) is 11.4 Å². The van der Waals surface area contributed by atoms with E-state index in [0.717, 1.165) is 30.0 Å². The monoisotopic (exact) mass is 352 g/mol. The van der Waals surface area contributed by atoms with E-state index in [-0.39, 0.29) is 6.61 Å². The number of aliphatic hydroxyl groups excluding tert-OH is 1. The SMILES string of the molecule is Cc1nccn1-c1nc(-c2cccc(CO)c2)nc(N2CCOCC2)n1. The molecule has 1 aromatic carbocycles. The number of rotatable bonds is 4. The molecule has 8 heteroatoms. The molecule has 3 heterocycles. The zero-order valence-electron chi connectivity index (χ0n) is 14.5. The number of hydrogen-bond donors (Lipinski definition) is 1. The van der Waals surface area contributed by atoms with Crippen molar-refractivity contribution in [3.05, 3.63) is 48.0 Å². The highest BCUT2D eigenvalue weighted by atomic mass is 16.5. The molecule has 2 aromatic heterocycles. The lowest BCUT2D eigenvalue weighted by Gasteiger charge is -2.27. The second-order valence-corrected chi connectivity index (χ2v) is 6.06. The summed E-state index contributed by atoms with van der Waals surface area (Å²) in [4.78, 5) is 20.3. The van der Waals surface area contributed by atoms with Crippen LogP contribution in [0.3, 0.4) is 0 Å². The average molecular weight is 352 g/mol. The smallest absolute Gasteiger partial charge is 0.240 e. The molecule has 3 aromatic rings.